The van der Waals surface area contributed by atoms with E-state index in [2.05, 4.69) is 16.9 Å². The molecule has 0 bridgehead atoms. The van der Waals surface area contributed by atoms with Crippen LogP contribution in [0.1, 0.15) is 70.5 Å². The maximum atomic E-state index is 5.99. The summed E-state index contributed by atoms with van der Waals surface area (Å²) in [6.45, 7) is 3.76. The molecule has 0 saturated carbocycles. The lowest BCUT2D eigenvalue weighted by atomic mass is 10.1. The second-order valence-electron chi connectivity index (χ2n) is 8.81. The van der Waals surface area contributed by atoms with Crippen LogP contribution in [-0.2, 0) is 20.6 Å². The molecule has 0 amide bonds. The Labute approximate surface area is 191 Å². The Morgan fingerprint density at radius 2 is 1.56 bits per heavy atom. The summed E-state index contributed by atoms with van der Waals surface area (Å²) in [6.07, 6.45) is 14.7. The summed E-state index contributed by atoms with van der Waals surface area (Å²) < 4.78 is 23.2. The number of nitrogens with zero attached hydrogens (tertiary/aromatic N) is 2. The molecule has 1 aromatic heterocycles. The Kier molecular flexibility index (Phi) is 8.88. The predicted molar refractivity (Wildman–Crippen MR) is 123 cm³/mol. The van der Waals surface area contributed by atoms with Gasteiger partial charge >= 0.3 is 0 Å². The first-order chi connectivity index (χ1) is 15.8. The molecule has 0 spiro atoms. The maximum absolute atomic E-state index is 5.99. The summed E-state index contributed by atoms with van der Waals surface area (Å²) in [7, 11) is 0. The lowest BCUT2D eigenvalue weighted by Gasteiger charge is -2.26. The van der Waals surface area contributed by atoms with Gasteiger partial charge in [-0.3, -0.25) is 0 Å². The van der Waals surface area contributed by atoms with Crippen molar-refractivity contribution in [2.24, 2.45) is 0 Å². The third kappa shape index (κ3) is 7.26. The van der Waals surface area contributed by atoms with E-state index in [9.17, 15) is 0 Å². The van der Waals surface area contributed by atoms with E-state index in [0.29, 0.717) is 0 Å². The van der Waals surface area contributed by atoms with E-state index in [0.717, 1.165) is 93.7 Å². The molecule has 32 heavy (non-hydrogen) atoms. The summed E-state index contributed by atoms with van der Waals surface area (Å²) in [5, 5.41) is 0. The average Bonchev–Trinajstić information content (AvgIpc) is 2.84. The van der Waals surface area contributed by atoms with E-state index in [1.165, 1.54) is 6.42 Å². The molecule has 1 aromatic carbocycles. The first-order valence-electron chi connectivity index (χ1n) is 12.2. The molecule has 2 aliphatic heterocycles. The van der Waals surface area contributed by atoms with Gasteiger partial charge < -0.3 is 18.9 Å². The fraction of sp³-hybridized carbons (Fsp3) is 0.615. The van der Waals surface area contributed by atoms with Crippen molar-refractivity contribution in [3.63, 3.8) is 0 Å². The number of ether oxygens (including phenoxy) is 4. The number of aromatic nitrogens is 2. The van der Waals surface area contributed by atoms with E-state index in [1.807, 2.05) is 36.7 Å². The van der Waals surface area contributed by atoms with Crippen LogP contribution in [0.4, 0.5) is 0 Å². The van der Waals surface area contributed by atoms with Gasteiger partial charge in [0.1, 0.15) is 11.6 Å². The van der Waals surface area contributed by atoms with Crippen LogP contribution >= 0.6 is 0 Å². The van der Waals surface area contributed by atoms with Crippen molar-refractivity contribution in [1.82, 2.24) is 9.97 Å². The van der Waals surface area contributed by atoms with Crippen molar-refractivity contribution in [2.75, 3.05) is 13.2 Å². The van der Waals surface area contributed by atoms with E-state index >= 15 is 0 Å². The van der Waals surface area contributed by atoms with E-state index in [1.54, 1.807) is 0 Å². The molecular weight excluding hydrogens is 404 g/mol. The van der Waals surface area contributed by atoms with Crippen LogP contribution in [0.2, 0.25) is 0 Å². The Balaban J connectivity index is 1.17. The molecule has 2 saturated heterocycles. The van der Waals surface area contributed by atoms with Crippen LogP contribution in [0.3, 0.4) is 0 Å². The van der Waals surface area contributed by atoms with E-state index in [4.69, 9.17) is 18.9 Å². The minimum absolute atomic E-state index is 0.00384. The van der Waals surface area contributed by atoms with E-state index in [-0.39, 0.29) is 18.7 Å². The first-order valence-corrected chi connectivity index (χ1v) is 12.2. The third-order valence-corrected chi connectivity index (χ3v) is 6.08. The minimum Gasteiger partial charge on any atom is -0.465 e. The summed E-state index contributed by atoms with van der Waals surface area (Å²) in [5.74, 6) is 1.73. The van der Waals surface area contributed by atoms with Gasteiger partial charge in [0.25, 0.3) is 0 Å². The zero-order valence-electron chi connectivity index (χ0n) is 19.2. The third-order valence-electron chi connectivity index (χ3n) is 6.08. The Hall–Kier alpha value is -2.02. The van der Waals surface area contributed by atoms with Crippen molar-refractivity contribution >= 4 is 0 Å². The smallest absolute Gasteiger partial charge is 0.199 e. The molecule has 3 unspecified atom stereocenters. The lowest BCUT2D eigenvalue weighted by molar-refractivity contribution is -0.185. The molecule has 3 heterocycles. The summed E-state index contributed by atoms with van der Waals surface area (Å²) >= 11 is 0. The number of unbranched alkanes of at least 4 members (excludes halogenated alkanes) is 1. The summed E-state index contributed by atoms with van der Waals surface area (Å²) in [6, 6.07) is 8.08. The molecule has 0 aliphatic carbocycles. The number of rotatable bonds is 10. The van der Waals surface area contributed by atoms with E-state index < -0.39 is 0 Å². The first kappa shape index (κ1) is 23.1. The van der Waals surface area contributed by atoms with Crippen molar-refractivity contribution in [3.8, 4) is 16.9 Å². The molecule has 2 aromatic rings. The number of hydrogen-bond donors (Lipinski definition) is 0. The van der Waals surface area contributed by atoms with Gasteiger partial charge in [0, 0.05) is 37.4 Å². The molecule has 6 heteroatoms. The largest absolute Gasteiger partial charge is 0.465 e. The minimum atomic E-state index is -0.118. The fourth-order valence-electron chi connectivity index (χ4n) is 4.18. The zero-order chi connectivity index (χ0) is 22.0. The number of hydrogen-bond acceptors (Lipinski definition) is 6. The van der Waals surface area contributed by atoms with Crippen molar-refractivity contribution in [3.05, 3.63) is 42.5 Å². The second-order valence-corrected chi connectivity index (χ2v) is 8.81. The highest BCUT2D eigenvalue weighted by molar-refractivity contribution is 5.62. The highest BCUT2D eigenvalue weighted by Gasteiger charge is 2.17. The molecule has 3 atom stereocenters. The lowest BCUT2D eigenvalue weighted by Crippen LogP contribution is -2.26. The SMILES string of the molecule is CC(CCCCc1ncc(-c2ccc(OC3CCCCO3)cc2)cn1)OC1CCCCO1. The van der Waals surface area contributed by atoms with Gasteiger partial charge in [0.05, 0.1) is 12.7 Å². The van der Waals surface area contributed by atoms with Crippen molar-refractivity contribution in [2.45, 2.75) is 89.8 Å². The van der Waals surface area contributed by atoms with Crippen LogP contribution < -0.4 is 4.74 Å². The highest BCUT2D eigenvalue weighted by Crippen LogP contribution is 2.24. The van der Waals surface area contributed by atoms with Crippen LogP contribution in [0.5, 0.6) is 5.75 Å². The summed E-state index contributed by atoms with van der Waals surface area (Å²) in [4.78, 5) is 9.14. The molecule has 2 aliphatic rings. The number of benzene rings is 1. The van der Waals surface area contributed by atoms with Crippen LogP contribution in [-0.4, -0.2) is 41.9 Å². The molecule has 0 radical (unpaired) electrons. The fourth-order valence-corrected chi connectivity index (χ4v) is 4.18. The molecule has 6 nitrogen and oxygen atoms in total. The van der Waals surface area contributed by atoms with Crippen molar-refractivity contribution < 1.29 is 18.9 Å². The van der Waals surface area contributed by atoms with Gasteiger partial charge in [0.15, 0.2) is 12.6 Å². The standard InChI is InChI=1S/C26H36N2O4/c1-20(31-25-10-4-6-16-29-25)8-2-3-9-24-27-18-22(19-28-24)21-12-14-23(15-13-21)32-26-11-5-7-17-30-26/h12-15,18-20,25-26H,2-11,16-17H2,1H3. The van der Waals surface area contributed by atoms with Gasteiger partial charge in [-0.2, -0.15) is 0 Å². The van der Waals surface area contributed by atoms with Crippen LogP contribution in [0, 0.1) is 0 Å². The van der Waals surface area contributed by atoms with Crippen LogP contribution in [0.25, 0.3) is 11.1 Å². The monoisotopic (exact) mass is 440 g/mol. The van der Waals surface area contributed by atoms with Gasteiger partial charge in [0.2, 0.25) is 0 Å². The molecular formula is C26H36N2O4. The Morgan fingerprint density at radius 1 is 0.875 bits per heavy atom. The topological polar surface area (TPSA) is 62.7 Å². The van der Waals surface area contributed by atoms with Gasteiger partial charge in [-0.1, -0.05) is 18.6 Å². The van der Waals surface area contributed by atoms with Crippen LogP contribution in [0.15, 0.2) is 36.7 Å². The summed E-state index contributed by atoms with van der Waals surface area (Å²) in [5.41, 5.74) is 2.10. The predicted octanol–water partition coefficient (Wildman–Crippen LogP) is 5.69. The highest BCUT2D eigenvalue weighted by atomic mass is 16.7. The van der Waals surface area contributed by atoms with Gasteiger partial charge in [-0.25, -0.2) is 9.97 Å². The average molecular weight is 441 g/mol. The van der Waals surface area contributed by atoms with Gasteiger partial charge in [-0.15, -0.1) is 0 Å². The zero-order valence-corrected chi connectivity index (χ0v) is 19.2. The Morgan fingerprint density at radius 3 is 2.22 bits per heavy atom. The van der Waals surface area contributed by atoms with Crippen molar-refractivity contribution in [1.29, 1.82) is 0 Å². The second kappa shape index (κ2) is 12.3. The molecule has 2 fully saturated rings. The Bertz CT molecular complexity index is 784. The quantitative estimate of drug-likeness (QED) is 0.442. The maximum Gasteiger partial charge on any atom is 0.199 e. The molecule has 174 valence electrons. The van der Waals surface area contributed by atoms with Gasteiger partial charge in [-0.05, 0) is 69.6 Å². The number of aryl methyl sites for hydroxylation is 1. The normalized spacial score (nSPS) is 22.4. The molecule has 4 rings (SSSR count). The molecule has 0 N–H and O–H groups in total.